The third-order valence-corrected chi connectivity index (χ3v) is 15.4. The Hall–Kier alpha value is -4.48. The largest absolute Gasteiger partial charge is 0.465 e. The Morgan fingerprint density at radius 3 is 2.65 bits per heavy atom. The number of amides is 2. The van der Waals surface area contributed by atoms with Crippen LogP contribution in [0.1, 0.15) is 95.5 Å². The topological polar surface area (TPSA) is 154 Å². The zero-order valence-electron chi connectivity index (χ0n) is 39.1. The summed E-state index contributed by atoms with van der Waals surface area (Å²) in [6.45, 7) is 15.5. The van der Waals surface area contributed by atoms with Crippen LogP contribution < -0.4 is 15.6 Å². The summed E-state index contributed by atoms with van der Waals surface area (Å²) in [6.07, 6.45) is 6.34. The van der Waals surface area contributed by atoms with Crippen LogP contribution in [0.25, 0.3) is 33.4 Å². The van der Waals surface area contributed by atoms with Gasteiger partial charge in [0.2, 0.25) is 5.91 Å². The van der Waals surface area contributed by atoms with Gasteiger partial charge in [0.05, 0.1) is 46.7 Å². The fourth-order valence-electron chi connectivity index (χ4n) is 10.4. The molecule has 3 fully saturated rings. The van der Waals surface area contributed by atoms with Crippen molar-refractivity contribution in [3.05, 3.63) is 52.1 Å². The Morgan fingerprint density at radius 1 is 1.14 bits per heavy atom. The first kappa shape index (κ1) is 47.0. The number of hydrogen-bond donors (Lipinski definition) is 3. The maximum Gasteiger partial charge on any atom is 0.315 e. The van der Waals surface area contributed by atoms with Gasteiger partial charge in [0, 0.05) is 98.1 Å². The fourth-order valence-corrected chi connectivity index (χ4v) is 11.5. The summed E-state index contributed by atoms with van der Waals surface area (Å²) in [7, 11) is 3.88. The Kier molecular flexibility index (Phi) is 14.0. The molecule has 0 radical (unpaired) electrons. The first-order chi connectivity index (χ1) is 31.2. The quantitative estimate of drug-likeness (QED) is 0.108. The number of thiazole rings is 1. The Labute approximate surface area is 392 Å². The molecule has 5 atom stereocenters. The van der Waals surface area contributed by atoms with Gasteiger partial charge in [-0.1, -0.05) is 45.5 Å². The minimum absolute atomic E-state index is 0.0113. The zero-order valence-corrected chi connectivity index (χ0v) is 40.7. The predicted octanol–water partition coefficient (Wildman–Crippen LogP) is 6.72. The summed E-state index contributed by atoms with van der Waals surface area (Å²) in [5.74, 6) is -1.98. The van der Waals surface area contributed by atoms with Crippen molar-refractivity contribution < 1.29 is 29.0 Å². The van der Waals surface area contributed by atoms with E-state index in [1.807, 2.05) is 18.5 Å². The number of nitrogens with zero attached hydrogens (tertiary/aromatic N) is 6. The molecule has 1 aromatic carbocycles. The Bertz CT molecular complexity index is 2420. The van der Waals surface area contributed by atoms with Crippen molar-refractivity contribution in [2.45, 2.75) is 105 Å². The highest BCUT2D eigenvalue weighted by atomic mass is 32.1. The second-order valence-corrected chi connectivity index (χ2v) is 20.8. The van der Waals surface area contributed by atoms with Crippen molar-refractivity contribution >= 4 is 62.9 Å². The molecular weight excluding hydrogens is 861 g/mol. The van der Waals surface area contributed by atoms with E-state index in [1.165, 1.54) is 16.3 Å². The van der Waals surface area contributed by atoms with Crippen LogP contribution in [0.15, 0.2) is 35.8 Å². The summed E-state index contributed by atoms with van der Waals surface area (Å²) in [5, 5.41) is 18.2. The second kappa shape index (κ2) is 19.4. The lowest BCUT2D eigenvalue weighted by atomic mass is 9.84. The van der Waals surface area contributed by atoms with E-state index < -0.39 is 23.3 Å². The molecule has 3 N–H and O–H groups in total. The van der Waals surface area contributed by atoms with Gasteiger partial charge in [-0.25, -0.2) is 4.98 Å². The molecule has 3 aromatic heterocycles. The number of anilines is 1. The van der Waals surface area contributed by atoms with Crippen molar-refractivity contribution in [2.24, 2.45) is 22.7 Å². The normalized spacial score (nSPS) is 24.6. The van der Waals surface area contributed by atoms with E-state index in [0.29, 0.717) is 50.2 Å². The second-order valence-electron chi connectivity index (χ2n) is 19.4. The highest BCUT2D eigenvalue weighted by Gasteiger charge is 2.57. The van der Waals surface area contributed by atoms with Crippen LogP contribution in [0, 0.1) is 22.7 Å². The van der Waals surface area contributed by atoms with Gasteiger partial charge in [-0.15, -0.1) is 11.3 Å². The standard InChI is InChI=1S/C49H66N8O6S2/c1-8-14-49(15-21-58)26-37(49)44(59)52-38-24-41-51-39(28-65-41)31-12-13-40-34(22-31)36(25-48(4,5)29-63-47(61)33-11-10-16-57(46(38)60)53-45(33)64)43(56(40)9-2)35-23-32(27-50-42(35)30(3)62-7)55-19-17-54(6)18-20-55/h12-13,22-23,27-28,30,33,37-38,58H,8-11,14-21,24-26,29H2,1-7H3,(H,52,59)(H,53,64)/t30-,33+,37+,38-,49?/m0/s1. The number of esters is 1. The van der Waals surface area contributed by atoms with Crippen LogP contribution in [0.2, 0.25) is 0 Å². The van der Waals surface area contributed by atoms with E-state index in [2.05, 4.69) is 84.1 Å². The Balaban J connectivity index is 1.24. The number of ether oxygens (including phenoxy) is 2. The number of likely N-dealkylation sites (N-methyl/N-ethyl adjacent to an activating group) is 1. The van der Waals surface area contributed by atoms with Crippen LogP contribution >= 0.6 is 23.6 Å². The zero-order chi connectivity index (χ0) is 46.2. The lowest BCUT2D eigenvalue weighted by molar-refractivity contribution is -0.149. The van der Waals surface area contributed by atoms with Crippen LogP contribution in [0.5, 0.6) is 0 Å². The van der Waals surface area contributed by atoms with Gasteiger partial charge in [0.25, 0.3) is 5.91 Å². The minimum Gasteiger partial charge on any atom is -0.465 e. The van der Waals surface area contributed by atoms with Gasteiger partial charge < -0.3 is 34.3 Å². The van der Waals surface area contributed by atoms with Gasteiger partial charge in [0.1, 0.15) is 16.9 Å². The van der Waals surface area contributed by atoms with Crippen LogP contribution in [0.4, 0.5) is 5.69 Å². The maximum atomic E-state index is 14.5. The number of benzene rings is 1. The minimum atomic E-state index is -0.939. The van der Waals surface area contributed by atoms with Crippen LogP contribution in [-0.4, -0.2) is 118 Å². The van der Waals surface area contributed by atoms with Crippen molar-refractivity contribution in [1.82, 2.24) is 35.2 Å². The van der Waals surface area contributed by atoms with Crippen LogP contribution in [-0.2, 0) is 43.2 Å². The molecule has 2 saturated heterocycles. The summed E-state index contributed by atoms with van der Waals surface area (Å²) in [6, 6.07) is 7.85. The molecular formula is C49H66N8O6S2. The monoisotopic (exact) mass is 926 g/mol. The molecule has 65 heavy (non-hydrogen) atoms. The number of carbonyl (C=O) groups is 3. The van der Waals surface area contributed by atoms with E-state index >= 15 is 0 Å². The molecule has 350 valence electrons. The summed E-state index contributed by atoms with van der Waals surface area (Å²) in [5.41, 5.74) is 10.2. The number of hydrazine groups is 1. The summed E-state index contributed by atoms with van der Waals surface area (Å²) < 4.78 is 14.6. The number of aliphatic hydroxyl groups excluding tert-OH is 1. The molecule has 1 saturated carbocycles. The number of aryl methyl sites for hydroxylation is 1. The van der Waals surface area contributed by atoms with E-state index in [9.17, 15) is 19.5 Å². The lowest BCUT2D eigenvalue weighted by Gasteiger charge is -2.34. The van der Waals surface area contributed by atoms with Crippen molar-refractivity contribution in [3.8, 4) is 22.5 Å². The smallest absolute Gasteiger partial charge is 0.315 e. The number of fused-ring (bicyclic) bond motifs is 7. The van der Waals surface area contributed by atoms with Gasteiger partial charge in [-0.2, -0.15) is 0 Å². The predicted molar refractivity (Wildman–Crippen MR) is 258 cm³/mol. The van der Waals surface area contributed by atoms with Gasteiger partial charge >= 0.3 is 5.97 Å². The summed E-state index contributed by atoms with van der Waals surface area (Å²) in [4.78, 5) is 57.8. The average Bonchev–Trinajstić information content (AvgIpc) is 3.74. The lowest BCUT2D eigenvalue weighted by Crippen LogP contribution is -2.56. The van der Waals surface area contributed by atoms with E-state index in [0.717, 1.165) is 89.4 Å². The van der Waals surface area contributed by atoms with Gasteiger partial charge in [-0.05, 0) is 88.6 Å². The molecule has 14 nitrogen and oxygen atoms in total. The highest BCUT2D eigenvalue weighted by Crippen LogP contribution is 2.58. The molecule has 0 spiro atoms. The van der Waals surface area contributed by atoms with Gasteiger partial charge in [0.15, 0.2) is 0 Å². The number of cyclic esters (lactones) is 1. The van der Waals surface area contributed by atoms with Crippen LogP contribution in [0.3, 0.4) is 0 Å². The number of rotatable bonds is 11. The maximum absolute atomic E-state index is 14.5. The van der Waals surface area contributed by atoms with Crippen molar-refractivity contribution in [1.29, 1.82) is 0 Å². The number of methoxy groups -OCH3 is 1. The number of piperazine rings is 1. The van der Waals surface area contributed by atoms with E-state index in [1.54, 1.807) is 7.11 Å². The molecule has 4 aromatic rings. The number of aliphatic hydroxyl groups is 1. The molecule has 6 bridgehead atoms. The number of hydrogen-bond acceptors (Lipinski definition) is 12. The number of pyridine rings is 1. The molecule has 3 aliphatic heterocycles. The fraction of sp³-hybridized carbons (Fsp3) is 0.592. The molecule has 4 aliphatic rings. The first-order valence-electron chi connectivity index (χ1n) is 23.5. The third kappa shape index (κ3) is 9.70. The molecule has 16 heteroatoms. The molecule has 6 heterocycles. The average molecular weight is 927 g/mol. The SMILES string of the molecule is CCCC1(CCO)C[C@@H]1C(=O)N[C@H]1Cc2nc(cs2)-c2ccc3c(c2)c(c(-c2cc(N4CCN(C)CC4)cnc2[C@H](C)OC)n3CC)CC(C)(C)COC(=O)[C@@H]2CCCN(NC2=S)C1=O. The number of nitrogens with one attached hydrogen (secondary N) is 2. The molecule has 1 unspecified atom stereocenters. The van der Waals surface area contributed by atoms with Gasteiger partial charge in [-0.3, -0.25) is 29.8 Å². The number of thiocarbonyl (C=S) groups is 1. The first-order valence-corrected chi connectivity index (χ1v) is 24.7. The van der Waals surface area contributed by atoms with Crippen molar-refractivity contribution in [2.75, 3.05) is 65.0 Å². The Morgan fingerprint density at radius 2 is 1.92 bits per heavy atom. The third-order valence-electron chi connectivity index (χ3n) is 14.2. The summed E-state index contributed by atoms with van der Waals surface area (Å²) >= 11 is 7.30. The van der Waals surface area contributed by atoms with E-state index in [-0.39, 0.29) is 53.9 Å². The number of aromatic nitrogens is 3. The molecule has 1 aliphatic carbocycles. The van der Waals surface area contributed by atoms with Crippen molar-refractivity contribution in [3.63, 3.8) is 0 Å². The number of carbonyl (C=O) groups excluding carboxylic acids is 3. The molecule has 8 rings (SSSR count). The van der Waals surface area contributed by atoms with E-state index in [4.69, 9.17) is 31.7 Å². The highest BCUT2D eigenvalue weighted by molar-refractivity contribution is 7.80. The molecule has 2 amide bonds.